The Hall–Kier alpha value is -3.47. The van der Waals surface area contributed by atoms with Crippen LogP contribution in [0.1, 0.15) is 18.9 Å². The maximum absolute atomic E-state index is 12.6. The van der Waals surface area contributed by atoms with Crippen LogP contribution >= 0.6 is 0 Å². The summed E-state index contributed by atoms with van der Waals surface area (Å²) < 4.78 is 5.71. The van der Waals surface area contributed by atoms with Crippen molar-refractivity contribution in [2.45, 2.75) is 19.8 Å². The molecule has 2 amide bonds. The number of benzene rings is 2. The van der Waals surface area contributed by atoms with Crippen molar-refractivity contribution in [3.63, 3.8) is 0 Å². The molecule has 0 saturated heterocycles. The van der Waals surface area contributed by atoms with Crippen LogP contribution < -0.4 is 9.64 Å². The van der Waals surface area contributed by atoms with Crippen LogP contribution in [-0.4, -0.2) is 16.8 Å². The van der Waals surface area contributed by atoms with E-state index in [9.17, 15) is 9.59 Å². The summed E-state index contributed by atoms with van der Waals surface area (Å²) in [7, 11) is 0. The summed E-state index contributed by atoms with van der Waals surface area (Å²) in [6.07, 6.45) is 4.14. The number of ether oxygens (including phenoxy) is 1. The molecule has 1 heterocycles. The Morgan fingerprint density at radius 2 is 1.52 bits per heavy atom. The zero-order valence-corrected chi connectivity index (χ0v) is 15.0. The summed E-state index contributed by atoms with van der Waals surface area (Å²) >= 11 is 0. The first-order chi connectivity index (χ1) is 13.1. The van der Waals surface area contributed by atoms with E-state index in [4.69, 9.17) is 4.74 Å². The summed E-state index contributed by atoms with van der Waals surface area (Å²) in [4.78, 5) is 29.8. The number of imide groups is 1. The second-order valence-corrected chi connectivity index (χ2v) is 6.01. The topological polar surface area (TPSA) is 59.5 Å². The van der Waals surface area contributed by atoms with Gasteiger partial charge in [0.05, 0.1) is 5.69 Å². The maximum Gasteiger partial charge on any atom is 0.234 e. The molecule has 0 radical (unpaired) electrons. The fourth-order valence-electron chi connectivity index (χ4n) is 2.71. The van der Waals surface area contributed by atoms with Gasteiger partial charge in [0.1, 0.15) is 11.5 Å². The van der Waals surface area contributed by atoms with Crippen LogP contribution in [0.4, 0.5) is 5.69 Å². The van der Waals surface area contributed by atoms with Crippen LogP contribution in [0, 0.1) is 0 Å². The minimum atomic E-state index is -0.309. The standard InChI is InChI=1S/C22H20N2O3/c1-17(25)24(22(26)12-7-18-5-3-2-4-6-18)19-8-10-20(11-9-19)27-21-13-15-23-16-14-21/h2-6,8-11,13-16H,7,12H2,1H3. The van der Waals surface area contributed by atoms with Gasteiger partial charge in [-0.1, -0.05) is 30.3 Å². The molecular formula is C22H20N2O3. The Balaban J connectivity index is 1.68. The minimum absolute atomic E-state index is 0.228. The third-order valence-corrected chi connectivity index (χ3v) is 4.02. The number of carbonyl (C=O) groups is 2. The Bertz CT molecular complexity index is 894. The molecule has 0 spiro atoms. The van der Waals surface area contributed by atoms with Crippen molar-refractivity contribution in [3.05, 3.63) is 84.7 Å². The normalized spacial score (nSPS) is 10.3. The molecule has 0 saturated carbocycles. The highest BCUT2D eigenvalue weighted by molar-refractivity contribution is 6.14. The van der Waals surface area contributed by atoms with Gasteiger partial charge in [-0.25, -0.2) is 0 Å². The van der Waals surface area contributed by atoms with Crippen molar-refractivity contribution < 1.29 is 14.3 Å². The predicted octanol–water partition coefficient (Wildman–Crippen LogP) is 4.39. The number of hydrogen-bond donors (Lipinski definition) is 0. The lowest BCUT2D eigenvalue weighted by molar-refractivity contribution is -0.125. The Morgan fingerprint density at radius 1 is 0.889 bits per heavy atom. The number of aryl methyl sites for hydroxylation is 1. The summed E-state index contributed by atoms with van der Waals surface area (Å²) in [5, 5.41) is 0. The molecule has 0 aliphatic carbocycles. The number of amides is 2. The van der Waals surface area contributed by atoms with Crippen LogP contribution in [0.5, 0.6) is 11.5 Å². The van der Waals surface area contributed by atoms with Gasteiger partial charge < -0.3 is 4.74 Å². The van der Waals surface area contributed by atoms with Gasteiger partial charge in [-0.2, -0.15) is 0 Å². The monoisotopic (exact) mass is 360 g/mol. The molecule has 0 N–H and O–H groups in total. The van der Waals surface area contributed by atoms with E-state index in [0.29, 0.717) is 23.6 Å². The highest BCUT2D eigenvalue weighted by atomic mass is 16.5. The lowest BCUT2D eigenvalue weighted by atomic mass is 10.1. The number of rotatable bonds is 6. The van der Waals surface area contributed by atoms with Crippen molar-refractivity contribution in [2.75, 3.05) is 4.90 Å². The molecule has 5 heteroatoms. The summed E-state index contributed by atoms with van der Waals surface area (Å²) in [6.45, 7) is 1.39. The molecule has 2 aromatic carbocycles. The Labute approximate surface area is 158 Å². The van der Waals surface area contributed by atoms with Crippen molar-refractivity contribution >= 4 is 17.5 Å². The summed E-state index contributed by atoms with van der Waals surface area (Å²) in [5.41, 5.74) is 1.60. The zero-order valence-electron chi connectivity index (χ0n) is 15.0. The number of anilines is 1. The van der Waals surface area contributed by atoms with Gasteiger partial charge >= 0.3 is 0 Å². The summed E-state index contributed by atoms with van der Waals surface area (Å²) in [5.74, 6) is 0.746. The zero-order chi connectivity index (χ0) is 19.1. The van der Waals surface area contributed by atoms with Crippen LogP contribution in [0.2, 0.25) is 0 Å². The first kappa shape index (κ1) is 18.3. The lowest BCUT2D eigenvalue weighted by Crippen LogP contribution is -2.35. The smallest absolute Gasteiger partial charge is 0.234 e. The van der Waals surface area contributed by atoms with Gasteiger partial charge in [0.25, 0.3) is 0 Å². The van der Waals surface area contributed by atoms with Gasteiger partial charge in [-0.15, -0.1) is 0 Å². The van der Waals surface area contributed by atoms with Crippen molar-refractivity contribution in [1.82, 2.24) is 4.98 Å². The fourth-order valence-corrected chi connectivity index (χ4v) is 2.71. The van der Waals surface area contributed by atoms with Gasteiger partial charge in [-0.3, -0.25) is 19.5 Å². The number of aromatic nitrogens is 1. The number of nitrogens with zero attached hydrogens (tertiary/aromatic N) is 2. The van der Waals surface area contributed by atoms with Crippen LogP contribution in [0.25, 0.3) is 0 Å². The van der Waals surface area contributed by atoms with E-state index in [0.717, 1.165) is 5.56 Å². The molecule has 0 aliphatic heterocycles. The number of carbonyl (C=O) groups excluding carboxylic acids is 2. The quantitative estimate of drug-likeness (QED) is 0.654. The number of pyridine rings is 1. The van der Waals surface area contributed by atoms with Gasteiger partial charge in [0.15, 0.2) is 0 Å². The maximum atomic E-state index is 12.6. The van der Waals surface area contributed by atoms with E-state index in [2.05, 4.69) is 4.98 Å². The fraction of sp³-hybridized carbons (Fsp3) is 0.136. The van der Waals surface area contributed by atoms with Gasteiger partial charge in [-0.05, 0) is 48.4 Å². The van der Waals surface area contributed by atoms with Gasteiger partial charge in [0, 0.05) is 25.7 Å². The number of hydrogen-bond acceptors (Lipinski definition) is 4. The molecule has 136 valence electrons. The third-order valence-electron chi connectivity index (χ3n) is 4.02. The van der Waals surface area contributed by atoms with E-state index in [1.165, 1.54) is 11.8 Å². The molecule has 0 atom stereocenters. The second kappa shape index (κ2) is 8.76. The van der Waals surface area contributed by atoms with Gasteiger partial charge in [0.2, 0.25) is 11.8 Å². The van der Waals surface area contributed by atoms with E-state index in [1.54, 1.807) is 48.8 Å². The first-order valence-corrected chi connectivity index (χ1v) is 8.69. The average Bonchev–Trinajstić information content (AvgIpc) is 2.69. The molecule has 3 aromatic rings. The van der Waals surface area contributed by atoms with Crippen molar-refractivity contribution in [2.24, 2.45) is 0 Å². The molecule has 27 heavy (non-hydrogen) atoms. The molecule has 3 rings (SSSR count). The minimum Gasteiger partial charge on any atom is -0.457 e. The van der Waals surface area contributed by atoms with Crippen molar-refractivity contribution in [1.29, 1.82) is 0 Å². The molecule has 0 unspecified atom stereocenters. The van der Waals surface area contributed by atoms with E-state index >= 15 is 0 Å². The molecule has 0 fully saturated rings. The molecule has 1 aromatic heterocycles. The molecular weight excluding hydrogens is 340 g/mol. The van der Waals surface area contributed by atoms with Crippen LogP contribution in [0.3, 0.4) is 0 Å². The Morgan fingerprint density at radius 3 is 2.15 bits per heavy atom. The van der Waals surface area contributed by atoms with Crippen LogP contribution in [-0.2, 0) is 16.0 Å². The average molecular weight is 360 g/mol. The molecule has 0 aliphatic rings. The summed E-state index contributed by atoms with van der Waals surface area (Å²) in [6, 6.07) is 20.1. The van der Waals surface area contributed by atoms with E-state index in [1.807, 2.05) is 30.3 Å². The Kier molecular flexibility index (Phi) is 5.94. The molecule has 5 nitrogen and oxygen atoms in total. The molecule has 0 bridgehead atoms. The third kappa shape index (κ3) is 5.01. The highest BCUT2D eigenvalue weighted by Crippen LogP contribution is 2.24. The van der Waals surface area contributed by atoms with E-state index < -0.39 is 0 Å². The predicted molar refractivity (Wildman–Crippen MR) is 104 cm³/mol. The first-order valence-electron chi connectivity index (χ1n) is 8.69. The largest absolute Gasteiger partial charge is 0.457 e. The SMILES string of the molecule is CC(=O)N(C(=O)CCc1ccccc1)c1ccc(Oc2ccncc2)cc1. The highest BCUT2D eigenvalue weighted by Gasteiger charge is 2.20. The second-order valence-electron chi connectivity index (χ2n) is 6.01. The lowest BCUT2D eigenvalue weighted by Gasteiger charge is -2.19. The van der Waals surface area contributed by atoms with Crippen molar-refractivity contribution in [3.8, 4) is 11.5 Å². The van der Waals surface area contributed by atoms with E-state index in [-0.39, 0.29) is 18.2 Å². The van der Waals surface area contributed by atoms with Crippen LogP contribution in [0.15, 0.2) is 79.1 Å².